The van der Waals surface area contributed by atoms with Crippen molar-refractivity contribution < 1.29 is 30.1 Å². The van der Waals surface area contributed by atoms with Gasteiger partial charge in [0.2, 0.25) is 11.8 Å². The topological polar surface area (TPSA) is 173 Å². The van der Waals surface area contributed by atoms with Gasteiger partial charge in [-0.25, -0.2) is 9.97 Å². The van der Waals surface area contributed by atoms with Gasteiger partial charge in [-0.3, -0.25) is 39.1 Å². The number of likely N-dealkylation sites (tertiary alicyclic amines) is 1. The highest BCUT2D eigenvalue weighted by atomic mass is 35.5. The third-order valence-corrected chi connectivity index (χ3v) is 12.7. The van der Waals surface area contributed by atoms with Crippen LogP contribution in [-0.4, -0.2) is 124 Å². The lowest BCUT2D eigenvalue weighted by atomic mass is 10.0. The van der Waals surface area contributed by atoms with Crippen LogP contribution in [-0.2, 0) is 9.59 Å². The van der Waals surface area contributed by atoms with Crippen molar-refractivity contribution in [2.24, 2.45) is 0 Å². The zero-order valence-electron chi connectivity index (χ0n) is 34.3. The van der Waals surface area contributed by atoms with E-state index >= 15 is 0 Å². The van der Waals surface area contributed by atoms with Crippen molar-refractivity contribution in [3.8, 4) is 11.5 Å². The minimum absolute atomic E-state index is 0. The van der Waals surface area contributed by atoms with E-state index in [1.54, 1.807) is 36.5 Å². The average Bonchev–Trinajstić information content (AvgIpc) is 3.83. The molecule has 0 radical (unpaired) electrons. The summed E-state index contributed by atoms with van der Waals surface area (Å²) in [4.78, 5) is 84.7. The number of aromatic amines is 1. The van der Waals surface area contributed by atoms with Crippen LogP contribution in [0, 0.1) is 0 Å². The molecule has 1 unspecified atom stereocenters. The van der Waals surface area contributed by atoms with Crippen molar-refractivity contribution in [2.45, 2.75) is 57.0 Å². The molecule has 3 aromatic carbocycles. The van der Waals surface area contributed by atoms with Gasteiger partial charge in [-0.2, -0.15) is 0 Å². The summed E-state index contributed by atoms with van der Waals surface area (Å²) in [6, 6.07) is 19.1. The number of unbranched alkanes of at least 4 members (excludes halogenated alkanes) is 2. The number of rotatable bonds is 14. The SMILES string of the molecule is O=C1CCC(N2C(=O)c3ccc(N4CCN(CCCCCN5CCC(Nc6ncnc7[nH]cc(C(=O)c8ccc(Oc9ccccc9)cc8Cl)c67)CC5)CC4)cc3C2=O)C(=O)N1.[HH]. The second kappa shape index (κ2) is 18.1. The number of piperazine rings is 1. The van der Waals surface area contributed by atoms with Crippen LogP contribution in [0.4, 0.5) is 11.5 Å². The van der Waals surface area contributed by atoms with Crippen molar-refractivity contribution >= 4 is 63.6 Å². The normalized spacial score (nSPS) is 19.0. The van der Waals surface area contributed by atoms with E-state index in [0.29, 0.717) is 55.6 Å². The average molecular weight is 860 g/mol. The van der Waals surface area contributed by atoms with Crippen LogP contribution in [0.5, 0.6) is 11.5 Å². The molecule has 4 aliphatic heterocycles. The summed E-state index contributed by atoms with van der Waals surface area (Å²) >= 11 is 6.63. The van der Waals surface area contributed by atoms with Gasteiger partial charge in [0, 0.05) is 76.7 Å². The number of nitrogens with one attached hydrogen (secondary N) is 3. The molecule has 1 atom stereocenters. The molecule has 4 amide bonds. The Morgan fingerprint density at radius 1 is 0.790 bits per heavy atom. The number of hydrogen-bond acceptors (Lipinski definition) is 12. The third-order valence-electron chi connectivity index (χ3n) is 12.4. The number of imide groups is 2. The van der Waals surface area contributed by atoms with Gasteiger partial charge < -0.3 is 24.8 Å². The van der Waals surface area contributed by atoms with Gasteiger partial charge >= 0.3 is 0 Å². The fourth-order valence-corrected chi connectivity index (χ4v) is 9.25. The number of amides is 4. The lowest BCUT2D eigenvalue weighted by Crippen LogP contribution is -2.54. The number of benzene rings is 3. The maximum Gasteiger partial charge on any atom is 0.262 e. The Morgan fingerprint density at radius 2 is 1.53 bits per heavy atom. The van der Waals surface area contributed by atoms with Crippen molar-refractivity contribution in [3.05, 3.63) is 107 Å². The maximum atomic E-state index is 13.8. The predicted molar refractivity (Wildman–Crippen MR) is 236 cm³/mol. The number of ketones is 1. The van der Waals surface area contributed by atoms with Gasteiger partial charge in [0.1, 0.15) is 35.3 Å². The van der Waals surface area contributed by atoms with E-state index in [4.69, 9.17) is 16.3 Å². The van der Waals surface area contributed by atoms with Crippen LogP contribution >= 0.6 is 11.6 Å². The quantitative estimate of drug-likeness (QED) is 0.0662. The van der Waals surface area contributed by atoms with Gasteiger partial charge in [-0.05, 0) is 87.7 Å². The van der Waals surface area contributed by atoms with Gasteiger partial charge in [0.25, 0.3) is 11.8 Å². The van der Waals surface area contributed by atoms with Crippen LogP contribution < -0.4 is 20.3 Å². The molecular formula is C46H50ClN9O6. The van der Waals surface area contributed by atoms with Crippen molar-refractivity contribution in [1.82, 2.24) is 35.0 Å². The molecule has 0 spiro atoms. The molecule has 5 aromatic rings. The summed E-state index contributed by atoms with van der Waals surface area (Å²) < 4.78 is 5.90. The molecule has 0 bridgehead atoms. The number of piperidine rings is 2. The number of para-hydroxylation sites is 1. The molecule has 322 valence electrons. The molecule has 2 aromatic heterocycles. The number of carbonyl (C=O) groups excluding carboxylic acids is 5. The molecule has 3 N–H and O–H groups in total. The molecule has 3 fully saturated rings. The highest BCUT2D eigenvalue weighted by molar-refractivity contribution is 6.36. The molecule has 0 saturated carbocycles. The first-order valence-electron chi connectivity index (χ1n) is 21.4. The fourth-order valence-electron chi connectivity index (χ4n) is 8.99. The number of hydrogen-bond donors (Lipinski definition) is 3. The zero-order valence-corrected chi connectivity index (χ0v) is 35.0. The molecule has 3 saturated heterocycles. The fraction of sp³-hybridized carbons (Fsp3) is 0.370. The molecule has 4 aliphatic rings. The minimum Gasteiger partial charge on any atom is -0.457 e. The summed E-state index contributed by atoms with van der Waals surface area (Å²) in [7, 11) is 0. The lowest BCUT2D eigenvalue weighted by molar-refractivity contribution is -0.136. The molecule has 62 heavy (non-hydrogen) atoms. The first-order chi connectivity index (χ1) is 30.2. The van der Waals surface area contributed by atoms with Crippen LogP contribution in [0.2, 0.25) is 5.02 Å². The molecule has 6 heterocycles. The van der Waals surface area contributed by atoms with Crippen LogP contribution in [0.15, 0.2) is 79.3 Å². The zero-order chi connectivity index (χ0) is 42.7. The van der Waals surface area contributed by atoms with Crippen molar-refractivity contribution in [3.63, 3.8) is 0 Å². The van der Waals surface area contributed by atoms with E-state index in [0.717, 1.165) is 95.0 Å². The minimum atomic E-state index is -0.969. The largest absolute Gasteiger partial charge is 0.457 e. The van der Waals surface area contributed by atoms with Crippen LogP contribution in [0.25, 0.3) is 11.0 Å². The first-order valence-corrected chi connectivity index (χ1v) is 21.8. The highest BCUT2D eigenvalue weighted by Crippen LogP contribution is 2.33. The standard InChI is InChI=1S/C46H48ClN9O6.H2/c47-37-26-32(62-31-7-3-1-4-8-31)10-12-34(37)41(58)36-27-48-42-40(36)43(50-28-49-42)51-29-15-19-53(20-16-29)17-5-2-6-18-54-21-23-55(24-22-54)30-9-11-33-35(25-30)46(61)56(45(33)60)38-13-14-39(57)52-44(38)59;/h1,3-4,7-12,25-29,38H,2,5-6,13-24H2,(H,52,57,59)(H2,48,49,50,51);1H. The highest BCUT2D eigenvalue weighted by Gasteiger charge is 2.45. The number of nitrogens with zero attached hydrogens (tertiary/aromatic N) is 6. The molecule has 9 rings (SSSR count). The summed E-state index contributed by atoms with van der Waals surface area (Å²) in [6.45, 7) is 7.52. The van der Waals surface area contributed by atoms with Crippen LogP contribution in [0.3, 0.4) is 0 Å². The van der Waals surface area contributed by atoms with E-state index in [-0.39, 0.29) is 32.0 Å². The number of anilines is 2. The Balaban J connectivity index is 0.00000544. The molecular weight excluding hydrogens is 810 g/mol. The maximum absolute atomic E-state index is 13.8. The first kappa shape index (κ1) is 41.2. The summed E-state index contributed by atoms with van der Waals surface area (Å²) in [6.07, 6.45) is 8.76. The summed E-state index contributed by atoms with van der Waals surface area (Å²) in [5.74, 6) is -0.327. The van der Waals surface area contributed by atoms with Crippen molar-refractivity contribution in [1.29, 1.82) is 0 Å². The third kappa shape index (κ3) is 8.65. The Labute approximate surface area is 365 Å². The Hall–Kier alpha value is -6.16. The number of ether oxygens (including phenoxy) is 1. The smallest absolute Gasteiger partial charge is 0.262 e. The van der Waals surface area contributed by atoms with E-state index in [9.17, 15) is 24.0 Å². The van der Waals surface area contributed by atoms with Crippen molar-refractivity contribution in [2.75, 3.05) is 62.6 Å². The van der Waals surface area contributed by atoms with E-state index in [2.05, 4.69) is 40.3 Å². The number of aromatic nitrogens is 3. The summed E-state index contributed by atoms with van der Waals surface area (Å²) in [5, 5.41) is 6.82. The predicted octanol–water partition coefficient (Wildman–Crippen LogP) is 6.15. The number of H-pyrrole nitrogens is 1. The van der Waals surface area contributed by atoms with Gasteiger partial charge in [-0.15, -0.1) is 0 Å². The van der Waals surface area contributed by atoms with Crippen LogP contribution in [0.1, 0.15) is 83.0 Å². The molecule has 0 aliphatic carbocycles. The monoisotopic (exact) mass is 859 g/mol. The van der Waals surface area contributed by atoms with E-state index in [1.807, 2.05) is 36.4 Å². The Bertz CT molecular complexity index is 2520. The van der Waals surface area contributed by atoms with E-state index in [1.165, 1.54) is 6.33 Å². The second-order valence-electron chi connectivity index (χ2n) is 16.4. The summed E-state index contributed by atoms with van der Waals surface area (Å²) in [5.41, 5.74) is 2.91. The molecule has 15 nitrogen and oxygen atoms in total. The van der Waals surface area contributed by atoms with Gasteiger partial charge in [-0.1, -0.05) is 36.2 Å². The lowest BCUT2D eigenvalue weighted by Gasteiger charge is -2.36. The second-order valence-corrected chi connectivity index (χ2v) is 16.8. The van der Waals surface area contributed by atoms with Gasteiger partial charge in [0.15, 0.2) is 5.78 Å². The van der Waals surface area contributed by atoms with E-state index < -0.39 is 23.8 Å². The number of carbonyl (C=O) groups is 5. The van der Waals surface area contributed by atoms with Gasteiger partial charge in [0.05, 0.1) is 27.1 Å². The molecule has 16 heteroatoms. The Kier molecular flexibility index (Phi) is 12.0. The Morgan fingerprint density at radius 3 is 2.27 bits per heavy atom. The number of halogens is 1. The number of fused-ring (bicyclic) bond motifs is 2.